The molecule has 0 spiro atoms. The van der Waals surface area contributed by atoms with E-state index in [4.69, 9.17) is 5.11 Å². The molecule has 1 atom stereocenters. The van der Waals surface area contributed by atoms with Gasteiger partial charge in [-0.3, -0.25) is 4.79 Å². The van der Waals surface area contributed by atoms with Gasteiger partial charge in [0.25, 0.3) is 0 Å². The summed E-state index contributed by atoms with van der Waals surface area (Å²) in [6.07, 6.45) is 1.57. The van der Waals surface area contributed by atoms with Gasteiger partial charge in [-0.25, -0.2) is 0 Å². The van der Waals surface area contributed by atoms with Gasteiger partial charge in [-0.05, 0) is 19.8 Å². The number of hydrogen-bond donors (Lipinski definition) is 1. The molecule has 0 saturated carbocycles. The SMILES string of the molecule is Cc1nnc2n1CCCC2C(=O)O.Cl. The standard InChI is InChI=1S/C8H11N3O2.ClH/c1-5-9-10-7-6(8(12)13)3-2-4-11(5)7;/h6H,2-4H2,1H3,(H,12,13);1H. The number of nitrogens with zero attached hydrogens (tertiary/aromatic N) is 3. The molecule has 1 aromatic heterocycles. The number of carboxylic acid groups (broad SMARTS) is 1. The summed E-state index contributed by atoms with van der Waals surface area (Å²) in [5.74, 6) is 0.153. The van der Waals surface area contributed by atoms with Gasteiger partial charge in [0, 0.05) is 6.54 Å². The number of aryl methyl sites for hydroxylation is 1. The molecule has 0 aliphatic carbocycles. The highest BCUT2D eigenvalue weighted by Gasteiger charge is 2.29. The lowest BCUT2D eigenvalue weighted by molar-refractivity contribution is -0.139. The fourth-order valence-corrected chi connectivity index (χ4v) is 1.75. The van der Waals surface area contributed by atoms with Crippen LogP contribution >= 0.6 is 12.4 Å². The van der Waals surface area contributed by atoms with Crippen molar-refractivity contribution in [1.82, 2.24) is 14.8 Å². The van der Waals surface area contributed by atoms with Crippen molar-refractivity contribution < 1.29 is 9.90 Å². The van der Waals surface area contributed by atoms with Gasteiger partial charge >= 0.3 is 5.97 Å². The van der Waals surface area contributed by atoms with Crippen molar-refractivity contribution in [3.63, 3.8) is 0 Å². The topological polar surface area (TPSA) is 68.0 Å². The summed E-state index contributed by atoms with van der Waals surface area (Å²) in [6.45, 7) is 2.69. The Morgan fingerprint density at radius 2 is 2.29 bits per heavy atom. The molecular formula is C8H12ClN3O2. The van der Waals surface area contributed by atoms with Crippen LogP contribution in [-0.4, -0.2) is 25.8 Å². The molecule has 1 unspecified atom stereocenters. The van der Waals surface area contributed by atoms with Crippen LogP contribution in [0.2, 0.25) is 0 Å². The number of carboxylic acids is 1. The zero-order valence-corrected chi connectivity index (χ0v) is 8.62. The van der Waals surface area contributed by atoms with Crippen LogP contribution in [0.4, 0.5) is 0 Å². The number of carbonyl (C=O) groups is 1. The van der Waals surface area contributed by atoms with Crippen molar-refractivity contribution in [2.45, 2.75) is 32.2 Å². The molecule has 0 saturated heterocycles. The van der Waals surface area contributed by atoms with E-state index in [2.05, 4.69) is 10.2 Å². The Bertz CT molecular complexity index is 350. The molecule has 1 N–H and O–H groups in total. The zero-order chi connectivity index (χ0) is 9.42. The van der Waals surface area contributed by atoms with E-state index in [1.807, 2.05) is 11.5 Å². The third-order valence-electron chi connectivity index (χ3n) is 2.45. The molecule has 1 aliphatic heterocycles. The maximum absolute atomic E-state index is 10.8. The molecule has 5 nitrogen and oxygen atoms in total. The Balaban J connectivity index is 0.000000980. The summed E-state index contributed by atoms with van der Waals surface area (Å²) in [5.41, 5.74) is 0. The van der Waals surface area contributed by atoms with Gasteiger partial charge in [0.05, 0.1) is 0 Å². The number of rotatable bonds is 1. The zero-order valence-electron chi connectivity index (χ0n) is 7.80. The van der Waals surface area contributed by atoms with Crippen LogP contribution in [0.15, 0.2) is 0 Å². The van der Waals surface area contributed by atoms with Crippen LogP contribution in [0.5, 0.6) is 0 Å². The first kappa shape index (κ1) is 11.0. The summed E-state index contributed by atoms with van der Waals surface area (Å²) in [5, 5.41) is 16.7. The summed E-state index contributed by atoms with van der Waals surface area (Å²) >= 11 is 0. The minimum atomic E-state index is -0.798. The van der Waals surface area contributed by atoms with Gasteiger partial charge < -0.3 is 9.67 Å². The van der Waals surface area contributed by atoms with Crippen LogP contribution < -0.4 is 0 Å². The second-order valence-electron chi connectivity index (χ2n) is 3.29. The normalized spacial score (nSPS) is 19.6. The maximum Gasteiger partial charge on any atom is 0.314 e. The van der Waals surface area contributed by atoms with Crippen molar-refractivity contribution in [3.8, 4) is 0 Å². The molecule has 78 valence electrons. The largest absolute Gasteiger partial charge is 0.481 e. The predicted molar refractivity (Wildman–Crippen MR) is 51.6 cm³/mol. The minimum Gasteiger partial charge on any atom is -0.481 e. The van der Waals surface area contributed by atoms with Crippen molar-refractivity contribution in [2.24, 2.45) is 0 Å². The van der Waals surface area contributed by atoms with Crippen LogP contribution in [0.3, 0.4) is 0 Å². The Labute approximate surface area is 87.6 Å². The van der Waals surface area contributed by atoms with Crippen molar-refractivity contribution in [2.75, 3.05) is 0 Å². The fraction of sp³-hybridized carbons (Fsp3) is 0.625. The lowest BCUT2D eigenvalue weighted by Crippen LogP contribution is -2.22. The van der Waals surface area contributed by atoms with Gasteiger partial charge in [0.2, 0.25) is 0 Å². The number of halogens is 1. The highest BCUT2D eigenvalue weighted by atomic mass is 35.5. The third-order valence-corrected chi connectivity index (χ3v) is 2.45. The predicted octanol–water partition coefficient (Wildman–Crippen LogP) is 0.970. The van der Waals surface area contributed by atoms with E-state index in [1.165, 1.54) is 0 Å². The Morgan fingerprint density at radius 1 is 1.57 bits per heavy atom. The van der Waals surface area contributed by atoms with Gasteiger partial charge in [-0.15, -0.1) is 22.6 Å². The molecule has 0 radical (unpaired) electrons. The summed E-state index contributed by atoms with van der Waals surface area (Å²) in [6, 6.07) is 0. The molecule has 2 rings (SSSR count). The molecule has 0 bridgehead atoms. The second kappa shape index (κ2) is 3.96. The molecular weight excluding hydrogens is 206 g/mol. The third kappa shape index (κ3) is 1.59. The average Bonchev–Trinajstić information content (AvgIpc) is 2.48. The molecule has 1 aliphatic rings. The lowest BCUT2D eigenvalue weighted by atomic mass is 9.99. The van der Waals surface area contributed by atoms with Crippen molar-refractivity contribution in [3.05, 3.63) is 11.6 Å². The van der Waals surface area contributed by atoms with E-state index >= 15 is 0 Å². The molecule has 6 heteroatoms. The van der Waals surface area contributed by atoms with E-state index in [-0.39, 0.29) is 12.4 Å². The highest BCUT2D eigenvalue weighted by Crippen LogP contribution is 2.26. The van der Waals surface area contributed by atoms with Crippen molar-refractivity contribution >= 4 is 18.4 Å². The summed E-state index contributed by atoms with van der Waals surface area (Å²) in [7, 11) is 0. The van der Waals surface area contributed by atoms with E-state index in [9.17, 15) is 4.79 Å². The molecule has 1 aromatic rings. The van der Waals surface area contributed by atoms with Crippen LogP contribution in [0, 0.1) is 6.92 Å². The number of aliphatic carboxylic acids is 1. The summed E-state index contributed by atoms with van der Waals surface area (Å²) < 4.78 is 1.89. The number of fused-ring (bicyclic) bond motifs is 1. The van der Waals surface area contributed by atoms with Crippen LogP contribution in [0.25, 0.3) is 0 Å². The Hall–Kier alpha value is -1.10. The van der Waals surface area contributed by atoms with Crippen molar-refractivity contribution in [1.29, 1.82) is 0 Å². The smallest absolute Gasteiger partial charge is 0.314 e. The van der Waals surface area contributed by atoms with Crippen LogP contribution in [-0.2, 0) is 11.3 Å². The number of aromatic nitrogens is 3. The molecule has 0 amide bonds. The van der Waals surface area contributed by atoms with Crippen LogP contribution in [0.1, 0.15) is 30.4 Å². The first-order valence-electron chi connectivity index (χ1n) is 4.32. The molecule has 2 heterocycles. The summed E-state index contributed by atoms with van der Waals surface area (Å²) in [4.78, 5) is 10.8. The lowest BCUT2D eigenvalue weighted by Gasteiger charge is -2.19. The Kier molecular flexibility index (Phi) is 3.10. The first-order chi connectivity index (χ1) is 6.20. The van der Waals surface area contributed by atoms with E-state index in [1.54, 1.807) is 0 Å². The molecule has 0 aromatic carbocycles. The minimum absolute atomic E-state index is 0. The molecule has 14 heavy (non-hydrogen) atoms. The molecule has 0 fully saturated rings. The number of hydrogen-bond acceptors (Lipinski definition) is 3. The van der Waals surface area contributed by atoms with Gasteiger partial charge in [-0.1, -0.05) is 0 Å². The highest BCUT2D eigenvalue weighted by molar-refractivity contribution is 5.85. The first-order valence-corrected chi connectivity index (χ1v) is 4.32. The van der Waals surface area contributed by atoms with Gasteiger partial charge in [0.1, 0.15) is 17.6 Å². The monoisotopic (exact) mass is 217 g/mol. The maximum atomic E-state index is 10.8. The fourth-order valence-electron chi connectivity index (χ4n) is 1.75. The van der Waals surface area contributed by atoms with E-state index in [0.29, 0.717) is 12.2 Å². The Morgan fingerprint density at radius 3 is 2.93 bits per heavy atom. The van der Waals surface area contributed by atoms with Gasteiger partial charge in [0.15, 0.2) is 0 Å². The van der Waals surface area contributed by atoms with E-state index in [0.717, 1.165) is 18.8 Å². The van der Waals surface area contributed by atoms with E-state index < -0.39 is 11.9 Å². The van der Waals surface area contributed by atoms with Gasteiger partial charge in [-0.2, -0.15) is 0 Å². The average molecular weight is 218 g/mol. The quantitative estimate of drug-likeness (QED) is 0.761. The second-order valence-corrected chi connectivity index (χ2v) is 3.29.